The van der Waals surface area contributed by atoms with Gasteiger partial charge in [-0.2, -0.15) is 0 Å². The van der Waals surface area contributed by atoms with Crippen LogP contribution >= 0.6 is 0 Å². The first-order valence-corrected chi connectivity index (χ1v) is 6.78. The molecule has 0 aromatic heterocycles. The minimum absolute atomic E-state index is 1.03. The van der Waals surface area contributed by atoms with Gasteiger partial charge in [0.25, 0.3) is 0 Å². The van der Waals surface area contributed by atoms with Crippen LogP contribution in [0.5, 0.6) is 0 Å². The normalized spacial score (nSPS) is 11.6. The van der Waals surface area contributed by atoms with Crippen molar-refractivity contribution in [3.8, 4) is 11.1 Å². The van der Waals surface area contributed by atoms with Gasteiger partial charge in [-0.25, -0.2) is 0 Å². The summed E-state index contributed by atoms with van der Waals surface area (Å²) in [6.45, 7) is 3.20. The van der Waals surface area contributed by atoms with Crippen molar-refractivity contribution in [2.75, 3.05) is 13.6 Å². The van der Waals surface area contributed by atoms with Crippen LogP contribution in [0, 0.1) is 0 Å². The quantitative estimate of drug-likeness (QED) is 0.778. The van der Waals surface area contributed by atoms with E-state index in [-0.39, 0.29) is 0 Å². The number of hydrogen-bond acceptors (Lipinski definition) is 1. The molecule has 0 heterocycles. The van der Waals surface area contributed by atoms with Crippen LogP contribution in [0.1, 0.15) is 18.9 Å². The molecule has 0 spiro atoms. The predicted molar refractivity (Wildman–Crippen MR) is 84.1 cm³/mol. The minimum atomic E-state index is 1.03. The van der Waals surface area contributed by atoms with Crippen LogP contribution in [0.3, 0.4) is 0 Å². The van der Waals surface area contributed by atoms with Crippen molar-refractivity contribution >= 4 is 5.57 Å². The Labute approximate surface area is 116 Å². The lowest BCUT2D eigenvalue weighted by Gasteiger charge is -2.05. The summed E-state index contributed by atoms with van der Waals surface area (Å²) in [5.41, 5.74) is 5.18. The zero-order valence-electron chi connectivity index (χ0n) is 11.7. The summed E-state index contributed by atoms with van der Waals surface area (Å²) < 4.78 is 0. The maximum atomic E-state index is 3.16. The van der Waals surface area contributed by atoms with E-state index < -0.39 is 0 Å². The Bertz CT molecular complexity index is 523. The van der Waals surface area contributed by atoms with Gasteiger partial charge in [-0.1, -0.05) is 60.7 Å². The highest BCUT2D eigenvalue weighted by Crippen LogP contribution is 2.22. The Balaban J connectivity index is 2.12. The monoisotopic (exact) mass is 251 g/mol. The molecule has 0 radical (unpaired) electrons. The van der Waals surface area contributed by atoms with Gasteiger partial charge in [0.05, 0.1) is 0 Å². The maximum absolute atomic E-state index is 3.16. The smallest absolute Gasteiger partial charge is 0.00171 e. The standard InChI is InChI=1S/C18H21N/c1-15(7-6-14-19-2)16-10-12-18(13-11-16)17-8-4-3-5-9-17/h3-5,7-13,19H,6,14H2,1-2H3. The molecule has 2 aromatic carbocycles. The lowest BCUT2D eigenvalue weighted by atomic mass is 10.0. The molecule has 0 saturated carbocycles. The Morgan fingerprint density at radius 1 is 0.947 bits per heavy atom. The average molecular weight is 251 g/mol. The number of allylic oxidation sites excluding steroid dienone is 1. The molecular formula is C18H21N. The molecule has 1 nitrogen and oxygen atoms in total. The Morgan fingerprint density at radius 3 is 2.21 bits per heavy atom. The van der Waals surface area contributed by atoms with Gasteiger partial charge >= 0.3 is 0 Å². The van der Waals surface area contributed by atoms with Crippen LogP contribution in [0.4, 0.5) is 0 Å². The number of rotatable bonds is 5. The lowest BCUT2D eigenvalue weighted by molar-refractivity contribution is 0.808. The van der Waals surface area contributed by atoms with Crippen molar-refractivity contribution in [1.82, 2.24) is 5.32 Å². The van der Waals surface area contributed by atoms with Crippen molar-refractivity contribution in [2.24, 2.45) is 0 Å². The zero-order valence-corrected chi connectivity index (χ0v) is 11.7. The van der Waals surface area contributed by atoms with Gasteiger partial charge in [-0.3, -0.25) is 0 Å². The fourth-order valence-electron chi connectivity index (χ4n) is 2.11. The summed E-state index contributed by atoms with van der Waals surface area (Å²) in [5.74, 6) is 0. The lowest BCUT2D eigenvalue weighted by Crippen LogP contribution is -2.05. The second-order valence-electron chi connectivity index (χ2n) is 4.72. The largest absolute Gasteiger partial charge is 0.319 e. The van der Waals surface area contributed by atoms with Gasteiger partial charge in [-0.05, 0) is 49.2 Å². The fourth-order valence-corrected chi connectivity index (χ4v) is 2.11. The highest BCUT2D eigenvalue weighted by Gasteiger charge is 1.98. The van der Waals surface area contributed by atoms with Crippen molar-refractivity contribution < 1.29 is 0 Å². The maximum Gasteiger partial charge on any atom is -0.00171 e. The Hall–Kier alpha value is -1.86. The third-order valence-electron chi connectivity index (χ3n) is 3.29. The average Bonchev–Trinajstić information content (AvgIpc) is 2.48. The minimum Gasteiger partial charge on any atom is -0.319 e. The highest BCUT2D eigenvalue weighted by atomic mass is 14.8. The van der Waals surface area contributed by atoms with Crippen molar-refractivity contribution in [3.05, 3.63) is 66.2 Å². The molecule has 1 heteroatoms. The zero-order chi connectivity index (χ0) is 13.5. The molecule has 19 heavy (non-hydrogen) atoms. The number of nitrogens with one attached hydrogen (secondary N) is 1. The molecule has 98 valence electrons. The van der Waals surface area contributed by atoms with Crippen LogP contribution in [0.25, 0.3) is 16.7 Å². The fraction of sp³-hybridized carbons (Fsp3) is 0.222. The van der Waals surface area contributed by atoms with Crippen molar-refractivity contribution in [2.45, 2.75) is 13.3 Å². The second-order valence-corrected chi connectivity index (χ2v) is 4.72. The first kappa shape index (κ1) is 13.6. The summed E-state index contributed by atoms with van der Waals surface area (Å²) in [4.78, 5) is 0. The highest BCUT2D eigenvalue weighted by molar-refractivity contribution is 5.69. The van der Waals surface area contributed by atoms with E-state index in [1.54, 1.807) is 0 Å². The second kappa shape index (κ2) is 6.91. The van der Waals surface area contributed by atoms with Gasteiger partial charge in [0, 0.05) is 0 Å². The van der Waals surface area contributed by atoms with Crippen LogP contribution in [-0.2, 0) is 0 Å². The molecular weight excluding hydrogens is 230 g/mol. The van der Waals surface area contributed by atoms with E-state index in [1.807, 2.05) is 13.1 Å². The summed E-state index contributed by atoms with van der Waals surface area (Å²) in [7, 11) is 1.98. The van der Waals surface area contributed by atoms with E-state index in [4.69, 9.17) is 0 Å². The molecule has 0 aliphatic heterocycles. The molecule has 2 aromatic rings. The molecule has 1 N–H and O–H groups in total. The summed E-state index contributed by atoms with van der Waals surface area (Å²) >= 11 is 0. The summed E-state index contributed by atoms with van der Waals surface area (Å²) in [6.07, 6.45) is 3.36. The van der Waals surface area contributed by atoms with Gasteiger partial charge in [0.15, 0.2) is 0 Å². The first-order valence-electron chi connectivity index (χ1n) is 6.78. The van der Waals surface area contributed by atoms with Crippen molar-refractivity contribution in [1.29, 1.82) is 0 Å². The number of benzene rings is 2. The molecule has 0 fully saturated rings. The molecule has 0 saturated heterocycles. The van der Waals surface area contributed by atoms with E-state index in [2.05, 4.69) is 66.8 Å². The van der Waals surface area contributed by atoms with E-state index >= 15 is 0 Å². The predicted octanol–water partition coefficient (Wildman–Crippen LogP) is 4.37. The molecule has 2 rings (SSSR count). The molecule has 0 amide bonds. The topological polar surface area (TPSA) is 12.0 Å². The third kappa shape index (κ3) is 3.80. The molecule has 0 aliphatic rings. The van der Waals surface area contributed by atoms with E-state index in [1.165, 1.54) is 22.3 Å². The summed E-state index contributed by atoms with van der Waals surface area (Å²) in [6, 6.07) is 19.3. The van der Waals surface area contributed by atoms with Gasteiger partial charge in [-0.15, -0.1) is 0 Å². The van der Waals surface area contributed by atoms with Crippen LogP contribution in [-0.4, -0.2) is 13.6 Å². The molecule has 0 atom stereocenters. The van der Waals surface area contributed by atoms with Crippen LogP contribution in [0.2, 0.25) is 0 Å². The molecule has 0 aliphatic carbocycles. The van der Waals surface area contributed by atoms with Gasteiger partial charge in [0.2, 0.25) is 0 Å². The molecule has 0 unspecified atom stereocenters. The van der Waals surface area contributed by atoms with E-state index in [0.717, 1.165) is 13.0 Å². The Kier molecular flexibility index (Phi) is 4.93. The first-order chi connectivity index (χ1) is 9.31. The van der Waals surface area contributed by atoms with E-state index in [0.29, 0.717) is 0 Å². The van der Waals surface area contributed by atoms with E-state index in [9.17, 15) is 0 Å². The van der Waals surface area contributed by atoms with Gasteiger partial charge in [0.1, 0.15) is 0 Å². The van der Waals surface area contributed by atoms with Gasteiger partial charge < -0.3 is 5.32 Å². The summed E-state index contributed by atoms with van der Waals surface area (Å²) in [5, 5.41) is 3.16. The van der Waals surface area contributed by atoms with Crippen LogP contribution in [0.15, 0.2) is 60.7 Å². The van der Waals surface area contributed by atoms with Crippen LogP contribution < -0.4 is 5.32 Å². The van der Waals surface area contributed by atoms with Crippen molar-refractivity contribution in [3.63, 3.8) is 0 Å². The Morgan fingerprint density at radius 2 is 1.58 bits per heavy atom. The molecule has 0 bridgehead atoms. The SMILES string of the molecule is CNCCC=C(C)c1ccc(-c2ccccc2)cc1. The number of hydrogen-bond donors (Lipinski definition) is 1. The third-order valence-corrected chi connectivity index (χ3v) is 3.29.